The highest BCUT2D eigenvalue weighted by atomic mass is 16.5. The lowest BCUT2D eigenvalue weighted by Crippen LogP contribution is -2.26. The summed E-state index contributed by atoms with van der Waals surface area (Å²) < 4.78 is 7.14. The Balaban J connectivity index is 1.29. The fourth-order valence-corrected chi connectivity index (χ4v) is 3.22. The van der Waals surface area contributed by atoms with E-state index in [2.05, 4.69) is 15.7 Å². The van der Waals surface area contributed by atoms with Crippen molar-refractivity contribution in [3.05, 3.63) is 72.6 Å². The fourth-order valence-electron chi connectivity index (χ4n) is 3.22. The Bertz CT molecular complexity index is 960. The summed E-state index contributed by atoms with van der Waals surface area (Å²) in [6.07, 6.45) is 5.17. The smallest absolute Gasteiger partial charge is 0.253 e. The number of carbonyl (C=O) groups excluding carboxylic acids is 2. The molecule has 0 unspecified atom stereocenters. The number of amides is 2. The molecule has 2 aromatic carbocycles. The van der Waals surface area contributed by atoms with E-state index in [0.717, 1.165) is 24.1 Å². The molecule has 3 aromatic rings. The summed E-state index contributed by atoms with van der Waals surface area (Å²) in [5, 5.41) is 9.90. The molecule has 1 saturated heterocycles. The molecular formula is C22H22N4O3. The van der Waals surface area contributed by atoms with E-state index in [1.54, 1.807) is 35.1 Å². The molecule has 1 aromatic heterocycles. The number of aromatic nitrogens is 2. The van der Waals surface area contributed by atoms with Gasteiger partial charge in [-0.25, -0.2) is 4.68 Å². The Morgan fingerprint density at radius 2 is 1.76 bits per heavy atom. The topological polar surface area (TPSA) is 85.3 Å². The van der Waals surface area contributed by atoms with E-state index in [4.69, 9.17) is 4.74 Å². The van der Waals surface area contributed by atoms with Gasteiger partial charge >= 0.3 is 0 Å². The van der Waals surface area contributed by atoms with Gasteiger partial charge in [0.1, 0.15) is 6.10 Å². The Morgan fingerprint density at radius 1 is 1.03 bits per heavy atom. The third-order valence-electron chi connectivity index (χ3n) is 4.73. The number of benzene rings is 2. The van der Waals surface area contributed by atoms with Gasteiger partial charge in [0, 0.05) is 30.4 Å². The molecule has 0 spiro atoms. The average Bonchev–Trinajstić information content (AvgIpc) is 3.44. The van der Waals surface area contributed by atoms with Gasteiger partial charge in [-0.1, -0.05) is 12.1 Å². The van der Waals surface area contributed by atoms with Crippen molar-refractivity contribution >= 4 is 23.2 Å². The number of nitrogens with one attached hydrogen (secondary N) is 2. The minimum Gasteiger partial charge on any atom is -0.368 e. The second-order valence-electron chi connectivity index (χ2n) is 6.91. The predicted octanol–water partition coefficient (Wildman–Crippen LogP) is 3.17. The fraction of sp³-hybridized carbons (Fsp3) is 0.227. The van der Waals surface area contributed by atoms with Gasteiger partial charge in [-0.15, -0.1) is 0 Å². The first-order valence-electron chi connectivity index (χ1n) is 9.59. The van der Waals surface area contributed by atoms with Crippen molar-refractivity contribution in [2.24, 2.45) is 0 Å². The second-order valence-corrected chi connectivity index (χ2v) is 6.91. The van der Waals surface area contributed by atoms with Gasteiger partial charge in [0.2, 0.25) is 5.91 Å². The highest BCUT2D eigenvalue weighted by Crippen LogP contribution is 2.18. The molecule has 148 valence electrons. The Morgan fingerprint density at radius 3 is 2.38 bits per heavy atom. The van der Waals surface area contributed by atoms with Crippen molar-refractivity contribution in [1.82, 2.24) is 9.78 Å². The van der Waals surface area contributed by atoms with E-state index < -0.39 is 0 Å². The van der Waals surface area contributed by atoms with Crippen molar-refractivity contribution in [3.63, 3.8) is 0 Å². The van der Waals surface area contributed by atoms with Crippen LogP contribution in [0.3, 0.4) is 0 Å². The van der Waals surface area contributed by atoms with Gasteiger partial charge in [0.15, 0.2) is 0 Å². The average molecular weight is 390 g/mol. The van der Waals surface area contributed by atoms with Gasteiger partial charge < -0.3 is 15.4 Å². The zero-order valence-corrected chi connectivity index (χ0v) is 15.9. The summed E-state index contributed by atoms with van der Waals surface area (Å²) in [5.74, 6) is -0.231. The molecule has 1 aliphatic heterocycles. The number of hydrogen-bond donors (Lipinski definition) is 2. The van der Waals surface area contributed by atoms with Crippen LogP contribution in [0.5, 0.6) is 0 Å². The first kappa shape index (κ1) is 18.9. The molecular weight excluding hydrogens is 368 g/mol. The number of carbonyl (C=O) groups is 2. The van der Waals surface area contributed by atoms with Gasteiger partial charge in [-0.3, -0.25) is 9.59 Å². The first-order valence-corrected chi connectivity index (χ1v) is 9.59. The van der Waals surface area contributed by atoms with Crippen LogP contribution in [0.15, 0.2) is 67.0 Å². The molecule has 1 atom stereocenters. The van der Waals surface area contributed by atoms with E-state index >= 15 is 0 Å². The van der Waals surface area contributed by atoms with E-state index in [0.29, 0.717) is 18.0 Å². The highest BCUT2D eigenvalue weighted by Gasteiger charge is 2.23. The Labute approximate surface area is 168 Å². The second kappa shape index (κ2) is 8.70. The van der Waals surface area contributed by atoms with Crippen molar-refractivity contribution < 1.29 is 14.3 Å². The van der Waals surface area contributed by atoms with Crippen molar-refractivity contribution in [3.8, 4) is 5.69 Å². The number of ether oxygens (including phenoxy) is 1. The van der Waals surface area contributed by atoms with Crippen LogP contribution in [-0.4, -0.2) is 34.3 Å². The highest BCUT2D eigenvalue weighted by molar-refractivity contribution is 5.95. The predicted molar refractivity (Wildman–Crippen MR) is 110 cm³/mol. The third-order valence-corrected chi connectivity index (χ3v) is 4.73. The number of hydrogen-bond acceptors (Lipinski definition) is 4. The molecule has 1 aliphatic rings. The number of rotatable bonds is 6. The minimum absolute atomic E-state index is 0.104. The molecule has 0 bridgehead atoms. The molecule has 2 amide bonds. The lowest BCUT2D eigenvalue weighted by atomic mass is 10.1. The van der Waals surface area contributed by atoms with Crippen molar-refractivity contribution in [2.75, 3.05) is 17.2 Å². The summed E-state index contributed by atoms with van der Waals surface area (Å²) in [5.41, 5.74) is 3.22. The van der Waals surface area contributed by atoms with Crippen LogP contribution < -0.4 is 10.6 Å². The standard InChI is InChI=1S/C22H22N4O3/c27-21(15-16-4-10-19(11-5-16)26-13-2-12-23-26)24-17-6-8-18(9-7-17)25-22(28)20-3-1-14-29-20/h2,4-13,20H,1,3,14-15H2,(H,24,27)(H,25,28)/t20-/m1/s1. The largest absolute Gasteiger partial charge is 0.368 e. The maximum absolute atomic E-state index is 12.3. The van der Waals surface area contributed by atoms with Crippen LogP contribution >= 0.6 is 0 Å². The zero-order chi connectivity index (χ0) is 20.1. The van der Waals surface area contributed by atoms with E-state index in [1.165, 1.54) is 0 Å². The van der Waals surface area contributed by atoms with Crippen molar-refractivity contribution in [2.45, 2.75) is 25.4 Å². The SMILES string of the molecule is O=C(Cc1ccc(-n2cccn2)cc1)Nc1ccc(NC(=O)[C@H]2CCCO2)cc1. The lowest BCUT2D eigenvalue weighted by molar-refractivity contribution is -0.124. The zero-order valence-electron chi connectivity index (χ0n) is 15.9. The molecule has 0 saturated carbocycles. The van der Waals surface area contributed by atoms with Crippen LogP contribution in [0.1, 0.15) is 18.4 Å². The van der Waals surface area contributed by atoms with Crippen LogP contribution in [0, 0.1) is 0 Å². The molecule has 4 rings (SSSR count). The van der Waals surface area contributed by atoms with E-state index in [-0.39, 0.29) is 24.3 Å². The monoisotopic (exact) mass is 390 g/mol. The summed E-state index contributed by atoms with van der Waals surface area (Å²) in [4.78, 5) is 24.4. The molecule has 2 N–H and O–H groups in total. The maximum Gasteiger partial charge on any atom is 0.253 e. The summed E-state index contributed by atoms with van der Waals surface area (Å²) >= 11 is 0. The lowest BCUT2D eigenvalue weighted by Gasteiger charge is -2.11. The summed E-state index contributed by atoms with van der Waals surface area (Å²) in [7, 11) is 0. The number of nitrogens with zero attached hydrogens (tertiary/aromatic N) is 2. The van der Waals surface area contributed by atoms with Crippen LogP contribution in [0.25, 0.3) is 5.69 Å². The minimum atomic E-state index is -0.367. The maximum atomic E-state index is 12.3. The normalized spacial score (nSPS) is 15.8. The van der Waals surface area contributed by atoms with Crippen molar-refractivity contribution in [1.29, 1.82) is 0 Å². The molecule has 0 radical (unpaired) electrons. The first-order chi connectivity index (χ1) is 14.2. The number of anilines is 2. The van der Waals surface area contributed by atoms with Gasteiger partial charge in [-0.2, -0.15) is 5.10 Å². The van der Waals surface area contributed by atoms with E-state index in [9.17, 15) is 9.59 Å². The van der Waals surface area contributed by atoms with Gasteiger partial charge in [0.25, 0.3) is 5.91 Å². The quantitative estimate of drug-likeness (QED) is 0.677. The van der Waals surface area contributed by atoms with Gasteiger partial charge in [-0.05, 0) is 60.9 Å². The van der Waals surface area contributed by atoms with Crippen LogP contribution in [0.4, 0.5) is 11.4 Å². The molecule has 1 fully saturated rings. The molecule has 29 heavy (non-hydrogen) atoms. The Kier molecular flexibility index (Phi) is 5.67. The summed E-state index contributed by atoms with van der Waals surface area (Å²) in [6, 6.07) is 16.6. The van der Waals surface area contributed by atoms with Crippen LogP contribution in [0.2, 0.25) is 0 Å². The molecule has 0 aliphatic carbocycles. The molecule has 7 nitrogen and oxygen atoms in total. The van der Waals surface area contributed by atoms with Gasteiger partial charge in [0.05, 0.1) is 12.1 Å². The third kappa shape index (κ3) is 4.89. The van der Waals surface area contributed by atoms with E-state index in [1.807, 2.05) is 36.5 Å². The Hall–Kier alpha value is -3.45. The molecule has 2 heterocycles. The van der Waals surface area contributed by atoms with Crippen LogP contribution in [-0.2, 0) is 20.7 Å². The molecule has 7 heteroatoms. The summed E-state index contributed by atoms with van der Waals surface area (Å²) in [6.45, 7) is 0.634.